The van der Waals surface area contributed by atoms with Gasteiger partial charge in [0.1, 0.15) is 5.82 Å². The van der Waals surface area contributed by atoms with Crippen LogP contribution in [-0.2, 0) is 0 Å². The Morgan fingerprint density at radius 1 is 1.44 bits per heavy atom. The predicted octanol–water partition coefficient (Wildman–Crippen LogP) is 3.76. The van der Waals surface area contributed by atoms with Crippen molar-refractivity contribution >= 4 is 21.7 Å². The number of nitrogen functional groups attached to an aromatic ring is 1. The zero-order valence-electron chi connectivity index (χ0n) is 9.82. The number of aromatic nitrogens is 2. The summed E-state index contributed by atoms with van der Waals surface area (Å²) in [6.07, 6.45) is 9.60. The first-order chi connectivity index (χ1) is 7.72. The Balaban J connectivity index is 1.96. The maximum atomic E-state index is 5.98. The molecule has 1 aliphatic carbocycles. The van der Waals surface area contributed by atoms with Crippen LogP contribution in [0, 0.1) is 5.92 Å². The van der Waals surface area contributed by atoms with E-state index in [1.807, 2.05) is 4.68 Å². The third kappa shape index (κ3) is 2.42. The van der Waals surface area contributed by atoms with E-state index in [9.17, 15) is 0 Å². The number of nitrogens with two attached hydrogens (primary N) is 1. The average Bonchev–Trinajstić information content (AvgIpc) is 2.62. The van der Waals surface area contributed by atoms with Crippen molar-refractivity contribution in [2.24, 2.45) is 5.92 Å². The van der Waals surface area contributed by atoms with Crippen LogP contribution in [0.5, 0.6) is 0 Å². The molecule has 3 nitrogen and oxygen atoms in total. The molecule has 1 saturated carbocycles. The normalized spacial score (nSPS) is 25.9. The molecule has 1 aliphatic rings. The highest BCUT2D eigenvalue weighted by atomic mass is 79.9. The molecule has 1 heterocycles. The van der Waals surface area contributed by atoms with E-state index in [0.29, 0.717) is 6.04 Å². The highest BCUT2D eigenvalue weighted by molar-refractivity contribution is 9.10. The number of nitrogens with zero attached hydrogens (tertiary/aromatic N) is 2. The molecule has 0 amide bonds. The molecule has 2 N–H and O–H groups in total. The molecular weight excluding hydrogens is 266 g/mol. The second-order valence-electron chi connectivity index (χ2n) is 4.79. The minimum Gasteiger partial charge on any atom is -0.383 e. The van der Waals surface area contributed by atoms with Crippen molar-refractivity contribution < 1.29 is 0 Å². The molecule has 90 valence electrons. The first kappa shape index (κ1) is 12.0. The highest BCUT2D eigenvalue weighted by Gasteiger charge is 2.23. The summed E-state index contributed by atoms with van der Waals surface area (Å²) in [7, 11) is 0. The van der Waals surface area contributed by atoms with E-state index in [-0.39, 0.29) is 0 Å². The average molecular weight is 286 g/mol. The second-order valence-corrected chi connectivity index (χ2v) is 5.64. The Morgan fingerprint density at radius 3 is 2.62 bits per heavy atom. The van der Waals surface area contributed by atoms with Crippen molar-refractivity contribution in [3.05, 3.63) is 10.7 Å². The molecule has 0 bridgehead atoms. The van der Waals surface area contributed by atoms with Crippen LogP contribution in [0.4, 0.5) is 5.82 Å². The van der Waals surface area contributed by atoms with Gasteiger partial charge in [0.05, 0.1) is 16.7 Å². The molecule has 1 aromatic heterocycles. The van der Waals surface area contributed by atoms with Gasteiger partial charge in [-0.3, -0.25) is 0 Å². The fourth-order valence-electron chi connectivity index (χ4n) is 2.73. The summed E-state index contributed by atoms with van der Waals surface area (Å²) in [6, 6.07) is 0.513. The van der Waals surface area contributed by atoms with Crippen LogP contribution in [0.2, 0.25) is 0 Å². The van der Waals surface area contributed by atoms with Crippen molar-refractivity contribution in [3.8, 4) is 0 Å². The van der Waals surface area contributed by atoms with E-state index >= 15 is 0 Å². The Morgan fingerprint density at radius 2 is 2.12 bits per heavy atom. The van der Waals surface area contributed by atoms with Crippen molar-refractivity contribution in [2.75, 3.05) is 5.73 Å². The predicted molar refractivity (Wildman–Crippen MR) is 70.2 cm³/mol. The summed E-state index contributed by atoms with van der Waals surface area (Å²) >= 11 is 3.41. The number of hydrogen-bond acceptors (Lipinski definition) is 2. The maximum absolute atomic E-state index is 5.98. The summed E-state index contributed by atoms with van der Waals surface area (Å²) in [5, 5.41) is 4.35. The molecule has 2 rings (SSSR count). The van der Waals surface area contributed by atoms with Crippen LogP contribution in [0.15, 0.2) is 10.7 Å². The van der Waals surface area contributed by atoms with E-state index < -0.39 is 0 Å². The lowest BCUT2D eigenvalue weighted by Crippen LogP contribution is -2.20. The highest BCUT2D eigenvalue weighted by Crippen LogP contribution is 2.36. The van der Waals surface area contributed by atoms with Gasteiger partial charge >= 0.3 is 0 Å². The summed E-state index contributed by atoms with van der Waals surface area (Å²) in [4.78, 5) is 0. The molecule has 0 aromatic carbocycles. The quantitative estimate of drug-likeness (QED) is 0.919. The van der Waals surface area contributed by atoms with Gasteiger partial charge in [0, 0.05) is 0 Å². The molecule has 0 saturated heterocycles. The van der Waals surface area contributed by atoms with Crippen LogP contribution in [0.25, 0.3) is 0 Å². The molecule has 1 fully saturated rings. The lowest BCUT2D eigenvalue weighted by Gasteiger charge is -2.29. The van der Waals surface area contributed by atoms with Crippen molar-refractivity contribution in [1.82, 2.24) is 9.78 Å². The van der Waals surface area contributed by atoms with Crippen molar-refractivity contribution in [3.63, 3.8) is 0 Å². The molecular formula is C12H20BrN3. The number of rotatable bonds is 3. The van der Waals surface area contributed by atoms with Crippen LogP contribution in [0.1, 0.15) is 51.5 Å². The van der Waals surface area contributed by atoms with Crippen LogP contribution >= 0.6 is 15.9 Å². The van der Waals surface area contributed by atoms with Gasteiger partial charge < -0.3 is 5.73 Å². The zero-order valence-corrected chi connectivity index (χ0v) is 11.4. The van der Waals surface area contributed by atoms with Gasteiger partial charge in [-0.1, -0.05) is 19.8 Å². The monoisotopic (exact) mass is 285 g/mol. The van der Waals surface area contributed by atoms with Crippen LogP contribution in [0.3, 0.4) is 0 Å². The minimum atomic E-state index is 0.513. The lowest BCUT2D eigenvalue weighted by atomic mass is 9.83. The summed E-state index contributed by atoms with van der Waals surface area (Å²) in [5.74, 6) is 1.71. The smallest absolute Gasteiger partial charge is 0.136 e. The SMILES string of the molecule is CCCC1CCC(n2ncc(Br)c2N)CC1. The van der Waals surface area contributed by atoms with Crippen LogP contribution < -0.4 is 5.73 Å². The van der Waals surface area contributed by atoms with E-state index in [1.54, 1.807) is 6.20 Å². The Kier molecular flexibility index (Phi) is 3.90. The lowest BCUT2D eigenvalue weighted by molar-refractivity contribution is 0.252. The van der Waals surface area contributed by atoms with Gasteiger partial charge in [-0.2, -0.15) is 5.10 Å². The Bertz CT molecular complexity index is 340. The molecule has 1 aromatic rings. The topological polar surface area (TPSA) is 43.8 Å². The molecule has 0 spiro atoms. The standard InChI is InChI=1S/C12H20BrN3/c1-2-3-9-4-6-10(7-5-9)16-12(14)11(13)8-15-16/h8-10H,2-7,14H2,1H3. The van der Waals surface area contributed by atoms with E-state index in [0.717, 1.165) is 16.2 Å². The zero-order chi connectivity index (χ0) is 11.5. The van der Waals surface area contributed by atoms with Gasteiger partial charge in [-0.05, 0) is 47.5 Å². The maximum Gasteiger partial charge on any atom is 0.136 e. The fraction of sp³-hybridized carbons (Fsp3) is 0.750. The summed E-state index contributed by atoms with van der Waals surface area (Å²) < 4.78 is 2.91. The molecule has 16 heavy (non-hydrogen) atoms. The van der Waals surface area contributed by atoms with Gasteiger partial charge in [-0.25, -0.2) is 4.68 Å². The number of hydrogen-bond donors (Lipinski definition) is 1. The first-order valence-electron chi connectivity index (χ1n) is 6.20. The molecule has 0 radical (unpaired) electrons. The molecule has 4 heteroatoms. The van der Waals surface area contributed by atoms with E-state index in [2.05, 4.69) is 28.0 Å². The van der Waals surface area contributed by atoms with Gasteiger partial charge in [0.25, 0.3) is 0 Å². The van der Waals surface area contributed by atoms with Gasteiger partial charge in [-0.15, -0.1) is 0 Å². The summed E-state index contributed by atoms with van der Waals surface area (Å²) in [5.41, 5.74) is 5.98. The second kappa shape index (κ2) is 5.21. The van der Waals surface area contributed by atoms with Crippen molar-refractivity contribution in [1.29, 1.82) is 0 Å². The number of anilines is 1. The fourth-order valence-corrected chi connectivity index (χ4v) is 3.00. The Labute approximate surface area is 106 Å². The number of halogens is 1. The minimum absolute atomic E-state index is 0.513. The molecule has 0 atom stereocenters. The third-order valence-corrected chi connectivity index (χ3v) is 4.26. The van der Waals surface area contributed by atoms with Gasteiger partial charge in [0.15, 0.2) is 0 Å². The van der Waals surface area contributed by atoms with E-state index in [4.69, 9.17) is 5.73 Å². The Hall–Kier alpha value is -0.510. The van der Waals surface area contributed by atoms with Crippen LogP contribution in [-0.4, -0.2) is 9.78 Å². The third-order valence-electron chi connectivity index (χ3n) is 3.65. The molecule has 0 unspecified atom stereocenters. The van der Waals surface area contributed by atoms with E-state index in [1.165, 1.54) is 38.5 Å². The van der Waals surface area contributed by atoms with Gasteiger partial charge in [0.2, 0.25) is 0 Å². The van der Waals surface area contributed by atoms with Crippen molar-refractivity contribution in [2.45, 2.75) is 51.5 Å². The largest absolute Gasteiger partial charge is 0.383 e. The summed E-state index contributed by atoms with van der Waals surface area (Å²) in [6.45, 7) is 2.27. The molecule has 0 aliphatic heterocycles. The first-order valence-corrected chi connectivity index (χ1v) is 7.00.